The normalized spacial score (nSPS) is 16.7. The summed E-state index contributed by atoms with van der Waals surface area (Å²) in [6.07, 6.45) is 1.61. The molecular weight excluding hydrogens is 430 g/mol. The van der Waals surface area contributed by atoms with E-state index in [-0.39, 0.29) is 16.7 Å². The number of primary sulfonamides is 1. The Hall–Kier alpha value is -3.31. The predicted octanol–water partition coefficient (Wildman–Crippen LogP) is 1.78. The summed E-state index contributed by atoms with van der Waals surface area (Å²) in [5.41, 5.74) is 2.42. The van der Waals surface area contributed by atoms with Gasteiger partial charge in [0.1, 0.15) is 0 Å². The summed E-state index contributed by atoms with van der Waals surface area (Å²) >= 11 is 0. The van der Waals surface area contributed by atoms with Crippen LogP contribution in [0.5, 0.6) is 0 Å². The van der Waals surface area contributed by atoms with Crippen LogP contribution in [0.3, 0.4) is 0 Å². The quantitative estimate of drug-likeness (QED) is 0.598. The number of nitrogens with zero attached hydrogens (tertiary/aromatic N) is 5. The number of hydrogen-bond acceptors (Lipinski definition) is 7. The molecule has 1 saturated heterocycles. The van der Waals surface area contributed by atoms with Gasteiger partial charge in [-0.3, -0.25) is 4.79 Å². The van der Waals surface area contributed by atoms with E-state index in [4.69, 9.17) is 5.14 Å². The van der Waals surface area contributed by atoms with Crippen LogP contribution >= 0.6 is 0 Å². The molecule has 1 aliphatic heterocycles. The summed E-state index contributed by atoms with van der Waals surface area (Å²) in [5, 5.41) is 21.1. The molecule has 10 nitrogen and oxygen atoms in total. The highest BCUT2D eigenvalue weighted by Gasteiger charge is 2.27. The molecule has 0 aliphatic carbocycles. The van der Waals surface area contributed by atoms with E-state index >= 15 is 0 Å². The van der Waals surface area contributed by atoms with Crippen molar-refractivity contribution in [3.63, 3.8) is 0 Å². The molecule has 3 heterocycles. The largest absolute Gasteiger partial charge is 0.354 e. The molecule has 2 aromatic heterocycles. The standard InChI is InChI=1S/C21H25N7O3S/c1-14-12-15(2)28(26-14)20-10-9-19(24-25-20)27-11-3-4-16(13-27)21(29)23-17-5-7-18(8-6-17)32(22,30)31/h5-10,12,16H,3-4,11,13H2,1-2H3,(H,23,29)(H2,22,30,31). The van der Waals surface area contributed by atoms with Gasteiger partial charge in [0.2, 0.25) is 15.9 Å². The average Bonchev–Trinajstić information content (AvgIpc) is 3.11. The summed E-state index contributed by atoms with van der Waals surface area (Å²) in [6, 6.07) is 11.6. The number of sulfonamides is 1. The first-order valence-corrected chi connectivity index (χ1v) is 11.8. The van der Waals surface area contributed by atoms with E-state index < -0.39 is 10.0 Å². The molecule has 4 rings (SSSR count). The van der Waals surface area contributed by atoms with E-state index in [1.54, 1.807) is 4.68 Å². The van der Waals surface area contributed by atoms with Gasteiger partial charge >= 0.3 is 0 Å². The van der Waals surface area contributed by atoms with E-state index in [9.17, 15) is 13.2 Å². The van der Waals surface area contributed by atoms with Gasteiger partial charge in [0.15, 0.2) is 11.6 Å². The van der Waals surface area contributed by atoms with Crippen LogP contribution in [0.2, 0.25) is 0 Å². The van der Waals surface area contributed by atoms with Crippen molar-refractivity contribution in [1.82, 2.24) is 20.0 Å². The van der Waals surface area contributed by atoms with Crippen LogP contribution in [0.1, 0.15) is 24.2 Å². The van der Waals surface area contributed by atoms with Gasteiger partial charge < -0.3 is 10.2 Å². The number of carbonyl (C=O) groups excluding carboxylic acids is 1. The van der Waals surface area contributed by atoms with E-state index in [1.807, 2.05) is 32.0 Å². The lowest BCUT2D eigenvalue weighted by atomic mass is 9.97. The van der Waals surface area contributed by atoms with E-state index in [0.717, 1.165) is 30.8 Å². The van der Waals surface area contributed by atoms with E-state index in [2.05, 4.69) is 25.5 Å². The first-order chi connectivity index (χ1) is 15.2. The van der Waals surface area contributed by atoms with Crippen molar-refractivity contribution < 1.29 is 13.2 Å². The number of benzene rings is 1. The Morgan fingerprint density at radius 1 is 1.09 bits per heavy atom. The summed E-state index contributed by atoms with van der Waals surface area (Å²) in [5.74, 6) is 1.02. The van der Waals surface area contributed by atoms with Crippen LogP contribution < -0.4 is 15.4 Å². The smallest absolute Gasteiger partial charge is 0.238 e. The highest BCUT2D eigenvalue weighted by Crippen LogP contribution is 2.23. The third kappa shape index (κ3) is 4.78. The highest BCUT2D eigenvalue weighted by molar-refractivity contribution is 7.89. The third-order valence-electron chi connectivity index (χ3n) is 5.43. The summed E-state index contributed by atoms with van der Waals surface area (Å²) in [6.45, 7) is 5.21. The Morgan fingerprint density at radius 2 is 1.78 bits per heavy atom. The molecule has 32 heavy (non-hydrogen) atoms. The molecule has 3 N–H and O–H groups in total. The van der Waals surface area contributed by atoms with Crippen LogP contribution in [-0.2, 0) is 14.8 Å². The second-order valence-corrected chi connectivity index (χ2v) is 9.49. The fraction of sp³-hybridized carbons (Fsp3) is 0.333. The Balaban J connectivity index is 1.41. The number of rotatable bonds is 5. The number of nitrogens with two attached hydrogens (primary N) is 1. The maximum absolute atomic E-state index is 12.8. The van der Waals surface area contributed by atoms with Crippen molar-refractivity contribution in [3.8, 4) is 5.82 Å². The minimum atomic E-state index is -3.77. The lowest BCUT2D eigenvalue weighted by molar-refractivity contribution is -0.120. The maximum Gasteiger partial charge on any atom is 0.238 e. The van der Waals surface area contributed by atoms with Crippen molar-refractivity contribution in [2.75, 3.05) is 23.3 Å². The first kappa shape index (κ1) is 21.9. The van der Waals surface area contributed by atoms with E-state index in [1.165, 1.54) is 24.3 Å². The summed E-state index contributed by atoms with van der Waals surface area (Å²) < 4.78 is 24.5. The molecule has 1 fully saturated rings. The molecule has 0 saturated carbocycles. The lowest BCUT2D eigenvalue weighted by Gasteiger charge is -2.32. The molecule has 1 aromatic carbocycles. The molecule has 3 aromatic rings. The second kappa shape index (κ2) is 8.67. The molecule has 0 spiro atoms. The molecule has 1 aliphatic rings. The molecule has 1 amide bonds. The molecule has 168 valence electrons. The van der Waals surface area contributed by atoms with Crippen LogP contribution in [0.15, 0.2) is 47.4 Å². The highest BCUT2D eigenvalue weighted by atomic mass is 32.2. The summed E-state index contributed by atoms with van der Waals surface area (Å²) in [7, 11) is -3.77. The van der Waals surface area contributed by atoms with Crippen molar-refractivity contribution in [2.24, 2.45) is 11.1 Å². The maximum atomic E-state index is 12.8. The van der Waals surface area contributed by atoms with Gasteiger partial charge in [-0.15, -0.1) is 10.2 Å². The molecule has 1 atom stereocenters. The number of piperidine rings is 1. The molecule has 0 bridgehead atoms. The number of carbonyl (C=O) groups is 1. The van der Waals surface area contributed by atoms with Crippen LogP contribution in [0, 0.1) is 19.8 Å². The fourth-order valence-electron chi connectivity index (χ4n) is 3.83. The van der Waals surface area contributed by atoms with Crippen LogP contribution in [0.25, 0.3) is 5.82 Å². The number of nitrogens with one attached hydrogen (secondary N) is 1. The number of amides is 1. The van der Waals surface area contributed by atoms with Gasteiger partial charge in [0.05, 0.1) is 16.5 Å². The van der Waals surface area contributed by atoms with Crippen LogP contribution in [0.4, 0.5) is 11.5 Å². The van der Waals surface area contributed by atoms with Gasteiger partial charge in [0, 0.05) is 24.5 Å². The Bertz CT molecular complexity index is 1220. The minimum absolute atomic E-state index is 0.00169. The van der Waals surface area contributed by atoms with Gasteiger partial charge in [0.25, 0.3) is 0 Å². The Morgan fingerprint density at radius 3 is 2.38 bits per heavy atom. The van der Waals surface area contributed by atoms with Gasteiger partial charge in [-0.2, -0.15) is 5.10 Å². The zero-order chi connectivity index (χ0) is 22.9. The monoisotopic (exact) mass is 455 g/mol. The van der Waals surface area contributed by atoms with Gasteiger partial charge in [-0.05, 0) is 69.2 Å². The minimum Gasteiger partial charge on any atom is -0.354 e. The van der Waals surface area contributed by atoms with Crippen LogP contribution in [-0.4, -0.2) is 47.4 Å². The number of aromatic nitrogens is 4. The van der Waals surface area contributed by atoms with Crippen molar-refractivity contribution in [3.05, 3.63) is 53.9 Å². The van der Waals surface area contributed by atoms with Crippen molar-refractivity contribution >= 4 is 27.4 Å². The van der Waals surface area contributed by atoms with E-state index in [0.29, 0.717) is 23.9 Å². The molecule has 0 radical (unpaired) electrons. The zero-order valence-electron chi connectivity index (χ0n) is 17.9. The third-order valence-corrected chi connectivity index (χ3v) is 6.36. The lowest BCUT2D eigenvalue weighted by Crippen LogP contribution is -2.41. The fourth-order valence-corrected chi connectivity index (χ4v) is 4.35. The van der Waals surface area contributed by atoms with Crippen molar-refractivity contribution in [1.29, 1.82) is 0 Å². The Kier molecular flexibility index (Phi) is 5.94. The van der Waals surface area contributed by atoms with Gasteiger partial charge in [-0.25, -0.2) is 18.2 Å². The summed E-state index contributed by atoms with van der Waals surface area (Å²) in [4.78, 5) is 14.8. The molecule has 11 heteroatoms. The van der Waals surface area contributed by atoms with Gasteiger partial charge in [-0.1, -0.05) is 0 Å². The molecule has 1 unspecified atom stereocenters. The number of anilines is 2. The SMILES string of the molecule is Cc1cc(C)n(-c2ccc(N3CCCC(C(=O)Nc4ccc(S(N)(=O)=O)cc4)C3)nn2)n1. The number of aryl methyl sites for hydroxylation is 2. The number of hydrogen-bond donors (Lipinski definition) is 2. The average molecular weight is 456 g/mol. The van der Waals surface area contributed by atoms with Crippen molar-refractivity contribution in [2.45, 2.75) is 31.6 Å². The molecular formula is C21H25N7O3S. The Labute approximate surface area is 186 Å². The second-order valence-electron chi connectivity index (χ2n) is 7.93. The zero-order valence-corrected chi connectivity index (χ0v) is 18.7. The topological polar surface area (TPSA) is 136 Å². The first-order valence-electron chi connectivity index (χ1n) is 10.3. The predicted molar refractivity (Wildman–Crippen MR) is 120 cm³/mol.